The van der Waals surface area contributed by atoms with Crippen molar-refractivity contribution >= 4 is 23.5 Å². The van der Waals surface area contributed by atoms with E-state index in [0.29, 0.717) is 18.1 Å². The second-order valence-electron chi connectivity index (χ2n) is 4.40. The smallest absolute Gasteiger partial charge is 0.321 e. The predicted octanol–water partition coefficient (Wildman–Crippen LogP) is 1.71. The van der Waals surface area contributed by atoms with E-state index >= 15 is 0 Å². The summed E-state index contributed by atoms with van der Waals surface area (Å²) in [5.41, 5.74) is 1.14. The van der Waals surface area contributed by atoms with Crippen LogP contribution in [0.3, 0.4) is 0 Å². The molecule has 0 aliphatic heterocycles. The molecule has 0 aliphatic rings. The van der Waals surface area contributed by atoms with E-state index in [2.05, 4.69) is 16.0 Å². The van der Waals surface area contributed by atoms with Gasteiger partial charge in [-0.05, 0) is 44.5 Å². The van der Waals surface area contributed by atoms with Crippen LogP contribution in [-0.2, 0) is 11.2 Å². The number of urea groups is 1. The molecular formula is C14H20ClN3O2. The second kappa shape index (κ2) is 8.55. The third kappa shape index (κ3) is 6.04. The summed E-state index contributed by atoms with van der Waals surface area (Å²) in [6.07, 6.45) is 0.788. The fourth-order valence-electron chi connectivity index (χ4n) is 1.60. The van der Waals surface area contributed by atoms with E-state index in [1.54, 1.807) is 13.8 Å². The lowest BCUT2D eigenvalue weighted by Crippen LogP contribution is -2.48. The molecule has 1 atom stereocenters. The molecule has 0 fully saturated rings. The number of carbonyl (C=O) groups excluding carboxylic acids is 2. The summed E-state index contributed by atoms with van der Waals surface area (Å²) in [6, 6.07) is 6.67. The Morgan fingerprint density at radius 2 is 1.90 bits per heavy atom. The Labute approximate surface area is 124 Å². The molecule has 0 aliphatic carbocycles. The van der Waals surface area contributed by atoms with Crippen molar-refractivity contribution in [3.8, 4) is 0 Å². The molecule has 0 saturated carbocycles. The van der Waals surface area contributed by atoms with Gasteiger partial charge in [-0.25, -0.2) is 4.79 Å². The molecule has 1 aromatic rings. The number of rotatable bonds is 6. The zero-order chi connectivity index (χ0) is 15.0. The van der Waals surface area contributed by atoms with Crippen LogP contribution in [0.15, 0.2) is 24.3 Å². The summed E-state index contributed by atoms with van der Waals surface area (Å²) < 4.78 is 0. The first kappa shape index (κ1) is 16.5. The number of benzene rings is 1. The highest BCUT2D eigenvalue weighted by Gasteiger charge is 2.14. The molecule has 5 nitrogen and oxygen atoms in total. The molecule has 6 heteroatoms. The number of carbonyl (C=O) groups is 2. The molecule has 3 amide bonds. The molecule has 0 aromatic heterocycles. The first-order chi connectivity index (χ1) is 9.52. The van der Waals surface area contributed by atoms with Crippen molar-refractivity contribution in [1.82, 2.24) is 16.0 Å². The topological polar surface area (TPSA) is 70.2 Å². The van der Waals surface area contributed by atoms with Crippen molar-refractivity contribution in [2.45, 2.75) is 26.3 Å². The lowest BCUT2D eigenvalue weighted by molar-refractivity contribution is -0.121. The second-order valence-corrected chi connectivity index (χ2v) is 4.84. The highest BCUT2D eigenvalue weighted by atomic mass is 35.5. The Hall–Kier alpha value is -1.59. The van der Waals surface area contributed by atoms with Gasteiger partial charge in [-0.15, -0.1) is 0 Å². The summed E-state index contributed by atoms with van der Waals surface area (Å²) in [7, 11) is 0. The Kier molecular flexibility index (Phi) is 7.04. The number of halogens is 1. The Bertz CT molecular complexity index is 448. The molecule has 0 radical (unpaired) electrons. The van der Waals surface area contributed by atoms with E-state index in [4.69, 9.17) is 11.6 Å². The molecule has 0 heterocycles. The van der Waals surface area contributed by atoms with Gasteiger partial charge < -0.3 is 10.6 Å². The summed E-state index contributed by atoms with van der Waals surface area (Å²) in [5, 5.41) is 8.55. The first-order valence-electron chi connectivity index (χ1n) is 6.59. The molecule has 1 aromatic carbocycles. The molecule has 0 spiro atoms. The van der Waals surface area contributed by atoms with Crippen LogP contribution in [0, 0.1) is 0 Å². The van der Waals surface area contributed by atoms with E-state index in [9.17, 15) is 9.59 Å². The van der Waals surface area contributed by atoms with Gasteiger partial charge in [-0.2, -0.15) is 0 Å². The number of imide groups is 1. The van der Waals surface area contributed by atoms with Crippen LogP contribution in [0.5, 0.6) is 0 Å². The molecule has 0 bridgehead atoms. The van der Waals surface area contributed by atoms with Crippen LogP contribution < -0.4 is 16.0 Å². The largest absolute Gasteiger partial charge is 0.338 e. The van der Waals surface area contributed by atoms with Gasteiger partial charge in [0.25, 0.3) is 0 Å². The van der Waals surface area contributed by atoms with Crippen molar-refractivity contribution in [1.29, 1.82) is 0 Å². The van der Waals surface area contributed by atoms with Crippen LogP contribution >= 0.6 is 11.6 Å². The minimum Gasteiger partial charge on any atom is -0.338 e. The van der Waals surface area contributed by atoms with Crippen molar-refractivity contribution in [3.05, 3.63) is 34.9 Å². The molecule has 20 heavy (non-hydrogen) atoms. The van der Waals surface area contributed by atoms with Crippen LogP contribution in [-0.4, -0.2) is 31.1 Å². The number of hydrogen-bond donors (Lipinski definition) is 3. The van der Waals surface area contributed by atoms with Crippen LogP contribution in [0.25, 0.3) is 0 Å². The monoisotopic (exact) mass is 297 g/mol. The third-order valence-corrected chi connectivity index (χ3v) is 3.00. The van der Waals surface area contributed by atoms with E-state index in [-0.39, 0.29) is 5.91 Å². The standard InChI is InChI=1S/C14H20ClN3O2/c1-3-16-14(20)18-13(19)10(2)17-9-8-11-4-6-12(15)7-5-11/h4-7,10,17H,3,8-9H2,1-2H3,(H2,16,18,19,20). The average Bonchev–Trinajstić information content (AvgIpc) is 2.41. The minimum absolute atomic E-state index is 0.341. The SMILES string of the molecule is CCNC(=O)NC(=O)C(C)NCCc1ccc(Cl)cc1. The van der Waals surface area contributed by atoms with Gasteiger partial charge in [0.2, 0.25) is 5.91 Å². The zero-order valence-electron chi connectivity index (χ0n) is 11.7. The van der Waals surface area contributed by atoms with E-state index in [1.165, 1.54) is 0 Å². The van der Waals surface area contributed by atoms with E-state index < -0.39 is 12.1 Å². The quantitative estimate of drug-likeness (QED) is 0.748. The number of hydrogen-bond acceptors (Lipinski definition) is 3. The third-order valence-electron chi connectivity index (χ3n) is 2.74. The van der Waals surface area contributed by atoms with Gasteiger partial charge in [0.05, 0.1) is 6.04 Å². The van der Waals surface area contributed by atoms with Gasteiger partial charge in [-0.1, -0.05) is 23.7 Å². The van der Waals surface area contributed by atoms with E-state index in [1.807, 2.05) is 24.3 Å². The fraction of sp³-hybridized carbons (Fsp3) is 0.429. The molecule has 1 rings (SSSR count). The van der Waals surface area contributed by atoms with Gasteiger partial charge >= 0.3 is 6.03 Å². The lowest BCUT2D eigenvalue weighted by Gasteiger charge is -2.13. The zero-order valence-corrected chi connectivity index (χ0v) is 12.5. The van der Waals surface area contributed by atoms with Crippen molar-refractivity contribution < 1.29 is 9.59 Å². The number of amides is 3. The van der Waals surface area contributed by atoms with Gasteiger partial charge in [0, 0.05) is 11.6 Å². The molecule has 110 valence electrons. The minimum atomic E-state index is -0.469. The average molecular weight is 298 g/mol. The summed E-state index contributed by atoms with van der Waals surface area (Å²) in [5.74, 6) is -0.341. The molecule has 1 unspecified atom stereocenters. The van der Waals surface area contributed by atoms with Crippen LogP contribution in [0.2, 0.25) is 5.02 Å². The number of nitrogens with one attached hydrogen (secondary N) is 3. The van der Waals surface area contributed by atoms with Crippen LogP contribution in [0.4, 0.5) is 4.79 Å². The highest BCUT2D eigenvalue weighted by Crippen LogP contribution is 2.09. The maximum Gasteiger partial charge on any atom is 0.321 e. The summed E-state index contributed by atoms with van der Waals surface area (Å²) in [6.45, 7) is 4.64. The first-order valence-corrected chi connectivity index (χ1v) is 6.97. The predicted molar refractivity (Wildman–Crippen MR) is 79.8 cm³/mol. The fourth-order valence-corrected chi connectivity index (χ4v) is 1.73. The Balaban J connectivity index is 2.28. The molecular weight excluding hydrogens is 278 g/mol. The van der Waals surface area contributed by atoms with Crippen molar-refractivity contribution in [3.63, 3.8) is 0 Å². The van der Waals surface area contributed by atoms with Gasteiger partial charge in [-0.3, -0.25) is 10.1 Å². The Morgan fingerprint density at radius 1 is 1.25 bits per heavy atom. The Morgan fingerprint density at radius 3 is 2.50 bits per heavy atom. The normalized spacial score (nSPS) is 11.8. The van der Waals surface area contributed by atoms with Crippen molar-refractivity contribution in [2.24, 2.45) is 0 Å². The molecule has 3 N–H and O–H groups in total. The maximum absolute atomic E-state index is 11.7. The van der Waals surface area contributed by atoms with Crippen molar-refractivity contribution in [2.75, 3.05) is 13.1 Å². The maximum atomic E-state index is 11.7. The van der Waals surface area contributed by atoms with Crippen LogP contribution in [0.1, 0.15) is 19.4 Å². The summed E-state index contributed by atoms with van der Waals surface area (Å²) >= 11 is 5.81. The van der Waals surface area contributed by atoms with E-state index in [0.717, 1.165) is 12.0 Å². The summed E-state index contributed by atoms with van der Waals surface area (Å²) in [4.78, 5) is 22.9. The van der Waals surface area contributed by atoms with Gasteiger partial charge in [0.15, 0.2) is 0 Å². The van der Waals surface area contributed by atoms with Gasteiger partial charge in [0.1, 0.15) is 0 Å². The molecule has 0 saturated heterocycles. The lowest BCUT2D eigenvalue weighted by atomic mass is 10.1. The highest BCUT2D eigenvalue weighted by molar-refractivity contribution is 6.30.